The third-order valence-corrected chi connectivity index (χ3v) is 4.14. The van der Waals surface area contributed by atoms with Gasteiger partial charge in [-0.15, -0.1) is 0 Å². The molecule has 0 saturated heterocycles. The van der Waals surface area contributed by atoms with Gasteiger partial charge in [0.05, 0.1) is 18.8 Å². The Balaban J connectivity index is 1.72. The Labute approximate surface area is 132 Å². The lowest BCUT2D eigenvalue weighted by Crippen LogP contribution is -2.25. The fourth-order valence-corrected chi connectivity index (χ4v) is 3.03. The number of benzene rings is 2. The predicted octanol–water partition coefficient (Wildman–Crippen LogP) is 1.95. The predicted molar refractivity (Wildman–Crippen MR) is 88.4 cm³/mol. The summed E-state index contributed by atoms with van der Waals surface area (Å²) in [6.45, 7) is 0.803. The van der Waals surface area contributed by atoms with Crippen LogP contribution in [-0.4, -0.2) is 20.8 Å². The highest BCUT2D eigenvalue weighted by Crippen LogP contribution is 2.28. The monoisotopic (exact) mass is 305 g/mol. The number of nitrogens with zero attached hydrogens (tertiary/aromatic N) is 3. The van der Waals surface area contributed by atoms with Gasteiger partial charge >= 0.3 is 0 Å². The van der Waals surface area contributed by atoms with Gasteiger partial charge in [-0.25, -0.2) is 4.98 Å². The largest absolute Gasteiger partial charge is 0.383 e. The Kier molecular flexibility index (Phi) is 2.90. The number of hydrogen-bond acceptors (Lipinski definition) is 5. The molecule has 0 bridgehead atoms. The first kappa shape index (κ1) is 13.5. The highest BCUT2D eigenvalue weighted by Gasteiger charge is 2.28. The summed E-state index contributed by atoms with van der Waals surface area (Å²) in [5.74, 6) is 0.444. The summed E-state index contributed by atoms with van der Waals surface area (Å²) in [6, 6.07) is 13.6. The highest BCUT2D eigenvalue weighted by molar-refractivity contribution is 6.07. The SMILES string of the molecule is Nc1nc(N)c2c(n1)CN(C(=O)c1cccc3ccccc13)C2. The van der Waals surface area contributed by atoms with E-state index in [4.69, 9.17) is 11.5 Å². The van der Waals surface area contributed by atoms with Crippen LogP contribution in [0.25, 0.3) is 10.8 Å². The maximum absolute atomic E-state index is 12.9. The minimum absolute atomic E-state index is 0.0437. The van der Waals surface area contributed by atoms with Gasteiger partial charge in [-0.3, -0.25) is 4.79 Å². The molecule has 0 spiro atoms. The van der Waals surface area contributed by atoms with Gasteiger partial charge in [0.25, 0.3) is 5.91 Å². The first-order valence-corrected chi connectivity index (χ1v) is 7.31. The van der Waals surface area contributed by atoms with Crippen LogP contribution in [0.4, 0.5) is 11.8 Å². The molecule has 0 unspecified atom stereocenters. The van der Waals surface area contributed by atoms with Crippen molar-refractivity contribution >= 4 is 28.4 Å². The van der Waals surface area contributed by atoms with Crippen LogP contribution < -0.4 is 11.5 Å². The number of rotatable bonds is 1. The molecule has 6 nitrogen and oxygen atoms in total. The van der Waals surface area contributed by atoms with Gasteiger partial charge in [-0.2, -0.15) is 4.98 Å². The molecule has 0 aliphatic carbocycles. The molecule has 1 aromatic heterocycles. The summed E-state index contributed by atoms with van der Waals surface area (Å²) < 4.78 is 0. The second kappa shape index (κ2) is 4.95. The normalized spacial score (nSPS) is 13.3. The van der Waals surface area contributed by atoms with Crippen molar-refractivity contribution in [1.29, 1.82) is 0 Å². The molecular weight excluding hydrogens is 290 g/mol. The van der Waals surface area contributed by atoms with E-state index in [2.05, 4.69) is 9.97 Å². The van der Waals surface area contributed by atoms with Crippen molar-refractivity contribution in [2.24, 2.45) is 0 Å². The summed E-state index contributed by atoms with van der Waals surface area (Å²) in [7, 11) is 0. The topological polar surface area (TPSA) is 98.1 Å². The van der Waals surface area contributed by atoms with Crippen LogP contribution in [0.5, 0.6) is 0 Å². The van der Waals surface area contributed by atoms with E-state index in [0.717, 1.165) is 22.0 Å². The number of carbonyl (C=O) groups is 1. The number of carbonyl (C=O) groups excluding carboxylic acids is 1. The summed E-state index contributed by atoms with van der Waals surface area (Å²) >= 11 is 0. The number of amides is 1. The van der Waals surface area contributed by atoms with E-state index in [1.54, 1.807) is 4.90 Å². The molecule has 0 fully saturated rings. The van der Waals surface area contributed by atoms with Crippen LogP contribution in [0.15, 0.2) is 42.5 Å². The van der Waals surface area contributed by atoms with E-state index in [1.807, 2.05) is 42.5 Å². The van der Waals surface area contributed by atoms with Crippen molar-refractivity contribution in [2.45, 2.75) is 13.1 Å². The third kappa shape index (κ3) is 2.15. The first-order chi connectivity index (χ1) is 11.1. The van der Waals surface area contributed by atoms with E-state index in [9.17, 15) is 4.79 Å². The fraction of sp³-hybridized carbons (Fsp3) is 0.118. The average molecular weight is 305 g/mol. The number of nitrogens with two attached hydrogens (primary N) is 2. The van der Waals surface area contributed by atoms with Crippen molar-refractivity contribution in [1.82, 2.24) is 14.9 Å². The van der Waals surface area contributed by atoms with Crippen LogP contribution in [-0.2, 0) is 13.1 Å². The van der Waals surface area contributed by atoms with Gasteiger partial charge in [0.2, 0.25) is 5.95 Å². The van der Waals surface area contributed by atoms with Gasteiger partial charge in [0.15, 0.2) is 0 Å². The van der Waals surface area contributed by atoms with Crippen molar-refractivity contribution in [3.8, 4) is 0 Å². The van der Waals surface area contributed by atoms with Crippen LogP contribution in [0.3, 0.4) is 0 Å². The van der Waals surface area contributed by atoms with Crippen LogP contribution in [0.2, 0.25) is 0 Å². The average Bonchev–Trinajstić information content (AvgIpc) is 2.98. The molecule has 4 rings (SSSR count). The summed E-state index contributed by atoms with van der Waals surface area (Å²) in [5, 5.41) is 1.98. The lowest BCUT2D eigenvalue weighted by atomic mass is 10.0. The van der Waals surface area contributed by atoms with Crippen molar-refractivity contribution in [3.63, 3.8) is 0 Å². The van der Waals surface area contributed by atoms with Crippen LogP contribution in [0, 0.1) is 0 Å². The maximum atomic E-state index is 12.9. The van der Waals surface area contributed by atoms with Gasteiger partial charge in [-0.1, -0.05) is 36.4 Å². The van der Waals surface area contributed by atoms with Crippen molar-refractivity contribution < 1.29 is 4.79 Å². The molecule has 0 saturated carbocycles. The standard InChI is InChI=1S/C17H15N5O/c18-15-13-8-22(9-14(13)20-17(19)21-15)16(23)12-7-3-5-10-4-1-2-6-11(10)12/h1-7H,8-9H2,(H4,18,19,20,21). The smallest absolute Gasteiger partial charge is 0.255 e. The Morgan fingerprint density at radius 1 is 1.00 bits per heavy atom. The van der Waals surface area contributed by atoms with E-state index < -0.39 is 0 Å². The first-order valence-electron chi connectivity index (χ1n) is 7.31. The number of aromatic nitrogens is 2. The zero-order chi connectivity index (χ0) is 16.0. The molecule has 23 heavy (non-hydrogen) atoms. The second-order valence-corrected chi connectivity index (χ2v) is 5.58. The molecule has 0 radical (unpaired) electrons. The lowest BCUT2D eigenvalue weighted by Gasteiger charge is -2.16. The maximum Gasteiger partial charge on any atom is 0.255 e. The van der Waals surface area contributed by atoms with Gasteiger partial charge in [-0.05, 0) is 16.8 Å². The zero-order valence-electron chi connectivity index (χ0n) is 12.4. The summed E-state index contributed by atoms with van der Waals surface area (Å²) in [5.41, 5.74) is 13.7. The Hall–Kier alpha value is -3.15. The Bertz CT molecular complexity index is 932. The minimum Gasteiger partial charge on any atom is -0.383 e. The highest BCUT2D eigenvalue weighted by atomic mass is 16.2. The lowest BCUT2D eigenvalue weighted by molar-refractivity contribution is 0.0752. The zero-order valence-corrected chi connectivity index (χ0v) is 12.4. The molecule has 0 atom stereocenters. The molecular formula is C17H15N5O. The minimum atomic E-state index is -0.0437. The molecule has 6 heteroatoms. The van der Waals surface area contributed by atoms with Crippen molar-refractivity contribution in [2.75, 3.05) is 11.5 Å². The van der Waals surface area contributed by atoms with Crippen LogP contribution >= 0.6 is 0 Å². The third-order valence-electron chi connectivity index (χ3n) is 4.14. The van der Waals surface area contributed by atoms with Crippen molar-refractivity contribution in [3.05, 3.63) is 59.3 Å². The molecule has 1 aliphatic rings. The quantitative estimate of drug-likeness (QED) is 0.716. The van der Waals surface area contributed by atoms with E-state index in [0.29, 0.717) is 24.5 Å². The number of nitrogen functional groups attached to an aromatic ring is 2. The molecule has 2 heterocycles. The number of fused-ring (bicyclic) bond motifs is 2. The molecule has 114 valence electrons. The van der Waals surface area contributed by atoms with E-state index in [-0.39, 0.29) is 11.9 Å². The molecule has 1 amide bonds. The van der Waals surface area contributed by atoms with Gasteiger partial charge in [0.1, 0.15) is 5.82 Å². The Morgan fingerprint density at radius 3 is 2.65 bits per heavy atom. The Morgan fingerprint density at radius 2 is 1.78 bits per heavy atom. The van der Waals surface area contributed by atoms with Gasteiger partial charge in [0, 0.05) is 11.1 Å². The summed E-state index contributed by atoms with van der Waals surface area (Å²) in [4.78, 5) is 22.8. The fourth-order valence-electron chi connectivity index (χ4n) is 3.03. The van der Waals surface area contributed by atoms with Gasteiger partial charge < -0.3 is 16.4 Å². The van der Waals surface area contributed by atoms with Crippen LogP contribution in [0.1, 0.15) is 21.6 Å². The second-order valence-electron chi connectivity index (χ2n) is 5.58. The molecule has 3 aromatic rings. The molecule has 4 N–H and O–H groups in total. The number of hydrogen-bond donors (Lipinski definition) is 2. The molecule has 1 aliphatic heterocycles. The van der Waals surface area contributed by atoms with E-state index in [1.165, 1.54) is 0 Å². The number of anilines is 2. The van der Waals surface area contributed by atoms with E-state index >= 15 is 0 Å². The molecule has 2 aromatic carbocycles. The summed E-state index contributed by atoms with van der Waals surface area (Å²) in [6.07, 6.45) is 0.